The Bertz CT molecular complexity index is 1040. The highest BCUT2D eigenvalue weighted by Crippen LogP contribution is 2.35. The summed E-state index contributed by atoms with van der Waals surface area (Å²) in [5.41, 5.74) is 1.79. The van der Waals surface area contributed by atoms with Gasteiger partial charge in [0.15, 0.2) is 17.3 Å². The molecule has 9 heteroatoms. The van der Waals surface area contributed by atoms with Gasteiger partial charge in [0.25, 0.3) is 0 Å². The lowest BCUT2D eigenvalue weighted by Gasteiger charge is -2.35. The topological polar surface area (TPSA) is 80.0 Å². The van der Waals surface area contributed by atoms with Crippen LogP contribution in [-0.4, -0.2) is 77.5 Å². The van der Waals surface area contributed by atoms with Crippen molar-refractivity contribution in [3.05, 3.63) is 48.5 Å². The van der Waals surface area contributed by atoms with Crippen molar-refractivity contribution in [3.8, 4) is 22.8 Å². The van der Waals surface area contributed by atoms with Gasteiger partial charge in [0.05, 0.1) is 6.54 Å². The van der Waals surface area contributed by atoms with Crippen LogP contribution in [0.2, 0.25) is 0 Å². The van der Waals surface area contributed by atoms with Gasteiger partial charge in [-0.05, 0) is 50.3 Å². The van der Waals surface area contributed by atoms with Crippen LogP contribution in [0.5, 0.6) is 11.5 Å². The number of nitrogens with zero attached hydrogens (tertiary/aromatic N) is 6. The lowest BCUT2D eigenvalue weighted by Crippen LogP contribution is -2.47. The van der Waals surface area contributed by atoms with Crippen LogP contribution in [0.3, 0.4) is 0 Å². The molecule has 0 atom stereocenters. The quantitative estimate of drug-likeness (QED) is 0.489. The Kier molecular flexibility index (Phi) is 6.68. The fourth-order valence-electron chi connectivity index (χ4n) is 4.29. The minimum atomic E-state index is 0.269. The predicted octanol–water partition coefficient (Wildman–Crippen LogP) is 2.89. The Balaban J connectivity index is 1.07. The van der Waals surface area contributed by atoms with Crippen LogP contribution in [0, 0.1) is 0 Å². The fourth-order valence-corrected chi connectivity index (χ4v) is 4.29. The third-order valence-electron chi connectivity index (χ3n) is 6.21. The Labute approximate surface area is 193 Å². The highest BCUT2D eigenvalue weighted by molar-refractivity contribution is 5.64. The lowest BCUT2D eigenvalue weighted by molar-refractivity contribution is 0.174. The zero-order valence-corrected chi connectivity index (χ0v) is 19.0. The minimum Gasteiger partial charge on any atom is -0.454 e. The van der Waals surface area contributed by atoms with Crippen molar-refractivity contribution < 1.29 is 14.0 Å². The maximum absolute atomic E-state index is 5.63. The molecule has 3 aromatic rings. The normalized spacial score (nSPS) is 16.0. The summed E-state index contributed by atoms with van der Waals surface area (Å²) in [6.45, 7) is 10.4. The average Bonchev–Trinajstić information content (AvgIpc) is 3.53. The smallest absolute Gasteiger partial charge is 0.231 e. The summed E-state index contributed by atoms with van der Waals surface area (Å²) in [6.07, 6.45) is 4.74. The van der Waals surface area contributed by atoms with Gasteiger partial charge in [-0.25, -0.2) is 9.97 Å². The molecule has 174 valence electrons. The van der Waals surface area contributed by atoms with Crippen LogP contribution in [0.15, 0.2) is 47.2 Å². The van der Waals surface area contributed by atoms with Gasteiger partial charge in [0.1, 0.15) is 5.69 Å². The molecule has 2 aliphatic rings. The van der Waals surface area contributed by atoms with E-state index < -0.39 is 0 Å². The van der Waals surface area contributed by atoms with Gasteiger partial charge >= 0.3 is 0 Å². The van der Waals surface area contributed by atoms with Crippen molar-refractivity contribution >= 4 is 5.95 Å². The van der Waals surface area contributed by atoms with Crippen molar-refractivity contribution in [3.63, 3.8) is 0 Å². The molecule has 0 amide bonds. The van der Waals surface area contributed by atoms with Crippen LogP contribution in [0.1, 0.15) is 19.1 Å². The first kappa shape index (κ1) is 21.7. The molecule has 0 aliphatic carbocycles. The second-order valence-corrected chi connectivity index (χ2v) is 8.35. The summed E-state index contributed by atoms with van der Waals surface area (Å²) in [5, 5.41) is 4.26. The molecule has 9 nitrogen and oxygen atoms in total. The number of anilines is 1. The molecule has 1 saturated heterocycles. The van der Waals surface area contributed by atoms with Gasteiger partial charge in [0, 0.05) is 50.2 Å². The number of rotatable bonds is 9. The first-order valence-corrected chi connectivity index (χ1v) is 11.6. The number of benzene rings is 1. The zero-order chi connectivity index (χ0) is 22.5. The third-order valence-corrected chi connectivity index (χ3v) is 6.21. The van der Waals surface area contributed by atoms with E-state index in [-0.39, 0.29) is 6.79 Å². The maximum atomic E-state index is 5.63. The Morgan fingerprint density at radius 1 is 1.00 bits per heavy atom. The molecule has 0 radical (unpaired) electrons. The molecule has 0 bridgehead atoms. The van der Waals surface area contributed by atoms with E-state index in [1.165, 1.54) is 0 Å². The molecule has 0 N–H and O–H groups in total. The van der Waals surface area contributed by atoms with Crippen molar-refractivity contribution in [1.82, 2.24) is 24.9 Å². The van der Waals surface area contributed by atoms with Crippen LogP contribution >= 0.6 is 0 Å². The Morgan fingerprint density at radius 2 is 1.82 bits per heavy atom. The van der Waals surface area contributed by atoms with Gasteiger partial charge in [-0.1, -0.05) is 12.1 Å². The summed E-state index contributed by atoms with van der Waals surface area (Å²) in [7, 11) is 0. The number of hydrogen-bond donors (Lipinski definition) is 0. The summed E-state index contributed by atoms with van der Waals surface area (Å²) in [4.78, 5) is 15.9. The zero-order valence-electron chi connectivity index (χ0n) is 19.0. The Hall–Kier alpha value is -3.17. The molecule has 1 fully saturated rings. The predicted molar refractivity (Wildman–Crippen MR) is 124 cm³/mol. The molecular weight excluding hydrogens is 420 g/mol. The Morgan fingerprint density at radius 3 is 2.64 bits per heavy atom. The molecule has 33 heavy (non-hydrogen) atoms. The molecule has 5 rings (SSSR count). The van der Waals surface area contributed by atoms with E-state index in [0.717, 1.165) is 93.2 Å². The highest BCUT2D eigenvalue weighted by Gasteiger charge is 2.19. The van der Waals surface area contributed by atoms with Gasteiger partial charge < -0.3 is 18.9 Å². The highest BCUT2D eigenvalue weighted by atomic mass is 16.7. The largest absolute Gasteiger partial charge is 0.454 e. The van der Waals surface area contributed by atoms with E-state index in [4.69, 9.17) is 14.0 Å². The summed E-state index contributed by atoms with van der Waals surface area (Å²) >= 11 is 0. The summed E-state index contributed by atoms with van der Waals surface area (Å²) in [5.74, 6) is 3.24. The van der Waals surface area contributed by atoms with Crippen LogP contribution in [0.25, 0.3) is 11.3 Å². The number of ether oxygens (including phenoxy) is 2. The van der Waals surface area contributed by atoms with Crippen LogP contribution in [0.4, 0.5) is 5.95 Å². The van der Waals surface area contributed by atoms with Gasteiger partial charge in [-0.3, -0.25) is 9.80 Å². The second-order valence-electron chi connectivity index (χ2n) is 8.35. The SMILES string of the molecule is CCN(CCCN1CCN(c2ncccn2)CC1)Cc1cc(-c2ccc3c(c2)OCO3)no1. The lowest BCUT2D eigenvalue weighted by atomic mass is 10.1. The van der Waals surface area contributed by atoms with Gasteiger partial charge in [-0.15, -0.1) is 0 Å². The van der Waals surface area contributed by atoms with E-state index in [1.807, 2.05) is 30.3 Å². The van der Waals surface area contributed by atoms with Gasteiger partial charge in [0.2, 0.25) is 12.7 Å². The molecule has 0 spiro atoms. The van der Waals surface area contributed by atoms with E-state index in [0.29, 0.717) is 0 Å². The molecule has 0 unspecified atom stereocenters. The molecule has 2 aromatic heterocycles. The average molecular weight is 451 g/mol. The van der Waals surface area contributed by atoms with Crippen molar-refractivity contribution in [2.75, 3.05) is 57.5 Å². The number of hydrogen-bond acceptors (Lipinski definition) is 9. The molecule has 4 heterocycles. The van der Waals surface area contributed by atoms with E-state index in [9.17, 15) is 0 Å². The number of piperazine rings is 1. The number of aromatic nitrogens is 3. The minimum absolute atomic E-state index is 0.269. The maximum Gasteiger partial charge on any atom is 0.231 e. The van der Waals surface area contributed by atoms with Crippen molar-refractivity contribution in [1.29, 1.82) is 0 Å². The third kappa shape index (κ3) is 5.26. The first-order chi connectivity index (χ1) is 16.3. The van der Waals surface area contributed by atoms with E-state index in [2.05, 4.69) is 36.7 Å². The summed E-state index contributed by atoms with van der Waals surface area (Å²) < 4.78 is 16.5. The second kappa shape index (κ2) is 10.2. The molecule has 1 aromatic carbocycles. The van der Waals surface area contributed by atoms with Crippen LogP contribution in [-0.2, 0) is 6.54 Å². The van der Waals surface area contributed by atoms with Crippen LogP contribution < -0.4 is 14.4 Å². The molecule has 2 aliphatic heterocycles. The fraction of sp³-hybridized carbons (Fsp3) is 0.458. The molecular formula is C24H30N6O3. The number of fused-ring (bicyclic) bond motifs is 1. The van der Waals surface area contributed by atoms with Crippen molar-refractivity contribution in [2.24, 2.45) is 0 Å². The van der Waals surface area contributed by atoms with Gasteiger partial charge in [-0.2, -0.15) is 0 Å². The standard InChI is InChI=1S/C24H30N6O3/c1-2-28(9-4-10-29-11-13-30(14-12-29)24-25-7-3-8-26-24)17-20-16-21(27-33-20)19-5-6-22-23(15-19)32-18-31-22/h3,5-8,15-16H,2,4,9-14,17-18H2,1H3. The monoisotopic (exact) mass is 450 g/mol. The summed E-state index contributed by atoms with van der Waals surface area (Å²) in [6, 6.07) is 9.72. The van der Waals surface area contributed by atoms with E-state index >= 15 is 0 Å². The first-order valence-electron chi connectivity index (χ1n) is 11.6. The molecule has 0 saturated carbocycles. The van der Waals surface area contributed by atoms with Crippen molar-refractivity contribution in [2.45, 2.75) is 19.9 Å². The van der Waals surface area contributed by atoms with E-state index in [1.54, 1.807) is 12.4 Å².